The van der Waals surface area contributed by atoms with Crippen LogP contribution in [0.3, 0.4) is 0 Å². The zero-order chi connectivity index (χ0) is 11.4. The highest BCUT2D eigenvalue weighted by Gasteiger charge is 2.28. The summed E-state index contributed by atoms with van der Waals surface area (Å²) in [5, 5.41) is 0. The number of hydrogen-bond donors (Lipinski definition) is 0. The first-order valence-electron chi connectivity index (χ1n) is 5.95. The Morgan fingerprint density at radius 3 is 2.33 bits per heavy atom. The van der Waals surface area contributed by atoms with Crippen LogP contribution in [0.1, 0.15) is 47.0 Å². The fourth-order valence-corrected chi connectivity index (χ4v) is 2.23. The molecule has 1 aliphatic rings. The molecule has 0 saturated carbocycles. The summed E-state index contributed by atoms with van der Waals surface area (Å²) < 4.78 is 5.36. The largest absolute Gasteiger partial charge is 0.369 e. The molecule has 1 heterocycles. The molecule has 0 aromatic carbocycles. The molecular weight excluding hydrogens is 190 g/mol. The second kappa shape index (κ2) is 5.50. The topological polar surface area (TPSA) is 29.5 Å². The number of likely N-dealkylation sites (tertiary alicyclic amines) is 1. The van der Waals surface area contributed by atoms with Gasteiger partial charge in [0.15, 0.2) is 0 Å². The molecule has 3 nitrogen and oxygen atoms in total. The minimum atomic E-state index is 0.129. The van der Waals surface area contributed by atoms with Crippen molar-refractivity contribution in [2.45, 2.75) is 65.1 Å². The fourth-order valence-electron chi connectivity index (χ4n) is 2.23. The molecule has 15 heavy (non-hydrogen) atoms. The van der Waals surface area contributed by atoms with Crippen molar-refractivity contribution in [3.8, 4) is 0 Å². The quantitative estimate of drug-likeness (QED) is 0.719. The standard InChI is InChI=1S/C12H23NO2/c1-9(2)15-8-12(14)13-10(3)6-5-7-11(13)4/h9-11H,5-8H2,1-4H3. The Hall–Kier alpha value is -0.570. The van der Waals surface area contributed by atoms with E-state index in [1.807, 2.05) is 18.7 Å². The highest BCUT2D eigenvalue weighted by atomic mass is 16.5. The average Bonchev–Trinajstić information content (AvgIpc) is 2.14. The molecule has 1 aliphatic heterocycles. The van der Waals surface area contributed by atoms with E-state index in [0.717, 1.165) is 12.8 Å². The van der Waals surface area contributed by atoms with Crippen molar-refractivity contribution in [1.82, 2.24) is 4.90 Å². The van der Waals surface area contributed by atoms with Gasteiger partial charge < -0.3 is 9.64 Å². The molecule has 0 N–H and O–H groups in total. The monoisotopic (exact) mass is 213 g/mol. The van der Waals surface area contributed by atoms with Crippen LogP contribution in [-0.2, 0) is 9.53 Å². The highest BCUT2D eigenvalue weighted by molar-refractivity contribution is 5.78. The number of piperidine rings is 1. The highest BCUT2D eigenvalue weighted by Crippen LogP contribution is 2.22. The summed E-state index contributed by atoms with van der Waals surface area (Å²) in [5.74, 6) is 0.142. The van der Waals surface area contributed by atoms with Crippen molar-refractivity contribution in [3.63, 3.8) is 0 Å². The molecule has 1 saturated heterocycles. The van der Waals surface area contributed by atoms with Crippen molar-refractivity contribution in [3.05, 3.63) is 0 Å². The summed E-state index contributed by atoms with van der Waals surface area (Å²) in [7, 11) is 0. The van der Waals surface area contributed by atoms with Crippen molar-refractivity contribution in [2.75, 3.05) is 6.61 Å². The molecule has 0 spiro atoms. The molecule has 2 unspecified atom stereocenters. The fraction of sp³-hybridized carbons (Fsp3) is 0.917. The third-order valence-electron chi connectivity index (χ3n) is 3.02. The second-order valence-electron chi connectivity index (χ2n) is 4.79. The molecular formula is C12H23NO2. The summed E-state index contributed by atoms with van der Waals surface area (Å²) >= 11 is 0. The van der Waals surface area contributed by atoms with Crippen LogP contribution < -0.4 is 0 Å². The van der Waals surface area contributed by atoms with Gasteiger partial charge in [-0.05, 0) is 47.0 Å². The number of nitrogens with zero attached hydrogens (tertiary/aromatic N) is 1. The van der Waals surface area contributed by atoms with Gasteiger partial charge in [0.05, 0.1) is 6.10 Å². The zero-order valence-electron chi connectivity index (χ0n) is 10.3. The lowest BCUT2D eigenvalue weighted by Crippen LogP contribution is -2.49. The molecule has 1 fully saturated rings. The first kappa shape index (κ1) is 12.5. The number of hydrogen-bond acceptors (Lipinski definition) is 2. The van der Waals surface area contributed by atoms with E-state index < -0.39 is 0 Å². The van der Waals surface area contributed by atoms with E-state index in [-0.39, 0.29) is 18.6 Å². The van der Waals surface area contributed by atoms with E-state index >= 15 is 0 Å². The average molecular weight is 213 g/mol. The molecule has 1 rings (SSSR count). The van der Waals surface area contributed by atoms with E-state index in [0.29, 0.717) is 12.1 Å². The summed E-state index contributed by atoms with van der Waals surface area (Å²) in [5.41, 5.74) is 0. The van der Waals surface area contributed by atoms with Gasteiger partial charge in [-0.3, -0.25) is 4.79 Å². The van der Waals surface area contributed by atoms with E-state index in [2.05, 4.69) is 13.8 Å². The van der Waals surface area contributed by atoms with Crippen molar-refractivity contribution in [1.29, 1.82) is 0 Å². The van der Waals surface area contributed by atoms with Crippen LogP contribution >= 0.6 is 0 Å². The van der Waals surface area contributed by atoms with Crippen LogP contribution in [0.4, 0.5) is 0 Å². The number of carbonyl (C=O) groups is 1. The molecule has 1 amide bonds. The molecule has 0 radical (unpaired) electrons. The van der Waals surface area contributed by atoms with Gasteiger partial charge in [0.2, 0.25) is 5.91 Å². The van der Waals surface area contributed by atoms with Gasteiger partial charge in [-0.1, -0.05) is 0 Å². The van der Waals surface area contributed by atoms with Crippen LogP contribution in [0, 0.1) is 0 Å². The Labute approximate surface area is 92.8 Å². The Morgan fingerprint density at radius 1 is 1.33 bits per heavy atom. The number of amides is 1. The Balaban J connectivity index is 2.48. The van der Waals surface area contributed by atoms with E-state index in [9.17, 15) is 4.79 Å². The number of ether oxygens (including phenoxy) is 1. The Morgan fingerprint density at radius 2 is 1.87 bits per heavy atom. The predicted molar refractivity (Wildman–Crippen MR) is 60.7 cm³/mol. The van der Waals surface area contributed by atoms with E-state index in [1.54, 1.807) is 0 Å². The second-order valence-corrected chi connectivity index (χ2v) is 4.79. The van der Waals surface area contributed by atoms with Gasteiger partial charge in [0.1, 0.15) is 6.61 Å². The predicted octanol–water partition coefficient (Wildman–Crippen LogP) is 2.20. The minimum absolute atomic E-state index is 0.129. The van der Waals surface area contributed by atoms with E-state index in [1.165, 1.54) is 6.42 Å². The molecule has 3 heteroatoms. The van der Waals surface area contributed by atoms with Crippen LogP contribution in [0.25, 0.3) is 0 Å². The summed E-state index contributed by atoms with van der Waals surface area (Å²) in [6, 6.07) is 0.744. The van der Waals surface area contributed by atoms with Gasteiger partial charge >= 0.3 is 0 Å². The lowest BCUT2D eigenvalue weighted by molar-refractivity contribution is -0.143. The summed E-state index contributed by atoms with van der Waals surface area (Å²) in [6.45, 7) is 8.39. The van der Waals surface area contributed by atoms with Crippen molar-refractivity contribution < 1.29 is 9.53 Å². The number of rotatable bonds is 3. The van der Waals surface area contributed by atoms with Crippen LogP contribution in [0.15, 0.2) is 0 Å². The number of carbonyl (C=O) groups excluding carboxylic acids is 1. The third kappa shape index (κ3) is 3.49. The van der Waals surface area contributed by atoms with Gasteiger partial charge in [-0.15, -0.1) is 0 Å². The Bertz CT molecular complexity index is 206. The van der Waals surface area contributed by atoms with Gasteiger partial charge in [-0.2, -0.15) is 0 Å². The van der Waals surface area contributed by atoms with Gasteiger partial charge in [-0.25, -0.2) is 0 Å². The minimum Gasteiger partial charge on any atom is -0.369 e. The molecule has 0 aromatic rings. The lowest BCUT2D eigenvalue weighted by atomic mass is 9.97. The first-order chi connectivity index (χ1) is 7.02. The molecule has 0 bridgehead atoms. The maximum atomic E-state index is 11.9. The summed E-state index contributed by atoms with van der Waals surface area (Å²) in [4.78, 5) is 13.9. The van der Waals surface area contributed by atoms with Crippen LogP contribution in [-0.4, -0.2) is 35.6 Å². The molecule has 0 aromatic heterocycles. The third-order valence-corrected chi connectivity index (χ3v) is 3.02. The SMILES string of the molecule is CC(C)OCC(=O)N1C(C)CCCC1C. The van der Waals surface area contributed by atoms with Crippen LogP contribution in [0.2, 0.25) is 0 Å². The molecule has 88 valence electrons. The van der Waals surface area contributed by atoms with E-state index in [4.69, 9.17) is 4.74 Å². The van der Waals surface area contributed by atoms with Gasteiger partial charge in [0.25, 0.3) is 0 Å². The smallest absolute Gasteiger partial charge is 0.249 e. The Kier molecular flexibility index (Phi) is 4.58. The normalized spacial score (nSPS) is 27.1. The van der Waals surface area contributed by atoms with Crippen LogP contribution in [0.5, 0.6) is 0 Å². The maximum Gasteiger partial charge on any atom is 0.249 e. The van der Waals surface area contributed by atoms with Crippen molar-refractivity contribution in [2.24, 2.45) is 0 Å². The first-order valence-corrected chi connectivity index (χ1v) is 5.95. The lowest BCUT2D eigenvalue weighted by Gasteiger charge is -2.39. The van der Waals surface area contributed by atoms with Crippen molar-refractivity contribution >= 4 is 5.91 Å². The van der Waals surface area contributed by atoms with Gasteiger partial charge in [0, 0.05) is 12.1 Å². The zero-order valence-corrected chi connectivity index (χ0v) is 10.3. The summed E-state index contributed by atoms with van der Waals surface area (Å²) in [6.07, 6.45) is 3.61. The molecule has 2 atom stereocenters. The maximum absolute atomic E-state index is 11.9. The molecule has 0 aliphatic carbocycles.